The second-order valence-electron chi connectivity index (χ2n) is 5.43. The number of hydrogen-bond acceptors (Lipinski definition) is 6. The van der Waals surface area contributed by atoms with E-state index in [0.717, 1.165) is 17.0 Å². The van der Waals surface area contributed by atoms with Gasteiger partial charge in [-0.05, 0) is 6.42 Å². The standard InChI is InChI=1S/C16H14N4O2S/c21-16(20-7-6-12(8-20)14-17-10-22-19-14)13-9-23-15(18-13)11-4-2-1-3-5-11/h1-5,9-10,12H,6-8H2/t12-/m1/s1. The van der Waals surface area contributed by atoms with Crippen LogP contribution in [0.15, 0.2) is 46.6 Å². The maximum Gasteiger partial charge on any atom is 0.273 e. The van der Waals surface area contributed by atoms with Gasteiger partial charge in [-0.2, -0.15) is 4.98 Å². The summed E-state index contributed by atoms with van der Waals surface area (Å²) >= 11 is 1.49. The van der Waals surface area contributed by atoms with Crippen LogP contribution in [0.25, 0.3) is 10.6 Å². The Balaban J connectivity index is 1.49. The molecule has 0 bridgehead atoms. The molecular formula is C16H14N4O2S. The minimum Gasteiger partial charge on any atom is -0.343 e. The van der Waals surface area contributed by atoms with Crippen molar-refractivity contribution in [2.24, 2.45) is 0 Å². The molecule has 1 aliphatic heterocycles. The highest BCUT2D eigenvalue weighted by Crippen LogP contribution is 2.28. The molecule has 0 unspecified atom stereocenters. The predicted molar refractivity (Wildman–Crippen MR) is 85.1 cm³/mol. The van der Waals surface area contributed by atoms with Crippen LogP contribution in [-0.2, 0) is 0 Å². The molecule has 4 rings (SSSR count). The number of rotatable bonds is 3. The fourth-order valence-corrected chi connectivity index (χ4v) is 3.56. The monoisotopic (exact) mass is 326 g/mol. The second-order valence-corrected chi connectivity index (χ2v) is 6.29. The minimum atomic E-state index is -0.0329. The molecule has 1 amide bonds. The SMILES string of the molecule is O=C(c1csc(-c2ccccc2)n1)N1CC[C@@H](c2ncon2)C1. The molecule has 116 valence electrons. The molecule has 1 saturated heterocycles. The highest BCUT2D eigenvalue weighted by Gasteiger charge is 2.31. The van der Waals surface area contributed by atoms with Gasteiger partial charge in [0.05, 0.1) is 0 Å². The maximum atomic E-state index is 12.6. The number of carbonyl (C=O) groups is 1. The first kappa shape index (κ1) is 14.1. The average molecular weight is 326 g/mol. The fourth-order valence-electron chi connectivity index (χ4n) is 2.76. The van der Waals surface area contributed by atoms with Crippen molar-refractivity contribution in [3.63, 3.8) is 0 Å². The number of aromatic nitrogens is 3. The second kappa shape index (κ2) is 5.92. The van der Waals surface area contributed by atoms with Crippen molar-refractivity contribution in [3.05, 3.63) is 53.6 Å². The summed E-state index contributed by atoms with van der Waals surface area (Å²) in [6, 6.07) is 9.89. The molecule has 3 aromatic rings. The molecular weight excluding hydrogens is 312 g/mol. The topological polar surface area (TPSA) is 72.1 Å². The van der Waals surface area contributed by atoms with Crippen molar-refractivity contribution in [3.8, 4) is 10.6 Å². The van der Waals surface area contributed by atoms with Gasteiger partial charge in [0, 0.05) is 30.0 Å². The van der Waals surface area contributed by atoms with E-state index < -0.39 is 0 Å². The summed E-state index contributed by atoms with van der Waals surface area (Å²) < 4.78 is 4.78. The van der Waals surface area contributed by atoms with Gasteiger partial charge in [-0.25, -0.2) is 4.98 Å². The predicted octanol–water partition coefficient (Wildman–Crippen LogP) is 2.82. The Bertz CT molecular complexity index is 801. The lowest BCUT2D eigenvalue weighted by atomic mass is 10.1. The first-order chi connectivity index (χ1) is 11.3. The molecule has 3 heterocycles. The first-order valence-corrected chi connectivity index (χ1v) is 8.26. The number of hydrogen-bond donors (Lipinski definition) is 0. The van der Waals surface area contributed by atoms with Crippen LogP contribution in [0.4, 0.5) is 0 Å². The summed E-state index contributed by atoms with van der Waals surface area (Å²) in [5, 5.41) is 6.56. The third kappa shape index (κ3) is 2.75. The number of thiazole rings is 1. The van der Waals surface area contributed by atoms with E-state index in [0.29, 0.717) is 24.6 Å². The molecule has 1 aromatic carbocycles. The molecule has 0 N–H and O–H groups in total. The number of carbonyl (C=O) groups excluding carboxylic acids is 1. The molecule has 1 atom stereocenters. The zero-order valence-corrected chi connectivity index (χ0v) is 13.1. The minimum absolute atomic E-state index is 0.0329. The van der Waals surface area contributed by atoms with Gasteiger partial charge in [0.25, 0.3) is 5.91 Å². The van der Waals surface area contributed by atoms with Crippen molar-refractivity contribution in [1.82, 2.24) is 20.0 Å². The van der Waals surface area contributed by atoms with E-state index in [1.54, 1.807) is 0 Å². The van der Waals surface area contributed by atoms with Crippen LogP contribution in [0.5, 0.6) is 0 Å². The van der Waals surface area contributed by atoms with Crippen LogP contribution in [0.1, 0.15) is 28.7 Å². The lowest BCUT2D eigenvalue weighted by Crippen LogP contribution is -2.28. The number of likely N-dealkylation sites (tertiary alicyclic amines) is 1. The largest absolute Gasteiger partial charge is 0.343 e. The summed E-state index contributed by atoms with van der Waals surface area (Å²) in [5.41, 5.74) is 1.53. The van der Waals surface area contributed by atoms with Gasteiger partial charge in [0.15, 0.2) is 5.82 Å². The third-order valence-electron chi connectivity index (χ3n) is 3.96. The molecule has 23 heavy (non-hydrogen) atoms. The van der Waals surface area contributed by atoms with Gasteiger partial charge in [0.1, 0.15) is 10.7 Å². The fraction of sp³-hybridized carbons (Fsp3) is 0.250. The zero-order valence-electron chi connectivity index (χ0n) is 12.3. The van der Waals surface area contributed by atoms with Gasteiger partial charge in [-0.15, -0.1) is 11.3 Å². The molecule has 0 spiro atoms. The van der Waals surface area contributed by atoms with E-state index in [1.807, 2.05) is 40.6 Å². The summed E-state index contributed by atoms with van der Waals surface area (Å²) in [5.74, 6) is 0.780. The molecule has 0 aliphatic carbocycles. The van der Waals surface area contributed by atoms with E-state index in [1.165, 1.54) is 17.7 Å². The summed E-state index contributed by atoms with van der Waals surface area (Å²) in [6.07, 6.45) is 2.17. The smallest absolute Gasteiger partial charge is 0.273 e. The molecule has 1 fully saturated rings. The van der Waals surface area contributed by atoms with Gasteiger partial charge in [-0.3, -0.25) is 4.79 Å². The molecule has 2 aromatic heterocycles. The normalized spacial score (nSPS) is 17.6. The highest BCUT2D eigenvalue weighted by atomic mass is 32.1. The van der Waals surface area contributed by atoms with Gasteiger partial charge in [0.2, 0.25) is 6.39 Å². The zero-order chi connectivity index (χ0) is 15.6. The molecule has 1 aliphatic rings. The van der Waals surface area contributed by atoms with Crippen molar-refractivity contribution >= 4 is 17.2 Å². The Morgan fingerprint density at radius 2 is 2.17 bits per heavy atom. The Kier molecular flexibility index (Phi) is 3.63. The van der Waals surface area contributed by atoms with Crippen LogP contribution in [0.2, 0.25) is 0 Å². The van der Waals surface area contributed by atoms with Crippen molar-refractivity contribution < 1.29 is 9.32 Å². The summed E-state index contributed by atoms with van der Waals surface area (Å²) in [7, 11) is 0. The quantitative estimate of drug-likeness (QED) is 0.740. The number of benzene rings is 1. The average Bonchev–Trinajstić information content (AvgIpc) is 3.35. The van der Waals surface area contributed by atoms with Crippen molar-refractivity contribution in [2.45, 2.75) is 12.3 Å². The maximum absolute atomic E-state index is 12.6. The van der Waals surface area contributed by atoms with E-state index in [2.05, 4.69) is 15.1 Å². The first-order valence-electron chi connectivity index (χ1n) is 7.38. The van der Waals surface area contributed by atoms with E-state index >= 15 is 0 Å². The Labute approximate surface area is 136 Å². The van der Waals surface area contributed by atoms with E-state index in [4.69, 9.17) is 4.52 Å². The lowest BCUT2D eigenvalue weighted by Gasteiger charge is -2.14. The van der Waals surface area contributed by atoms with Crippen LogP contribution in [0.3, 0.4) is 0 Å². The van der Waals surface area contributed by atoms with Crippen molar-refractivity contribution in [2.75, 3.05) is 13.1 Å². The Hall–Kier alpha value is -2.54. The van der Waals surface area contributed by atoms with Crippen molar-refractivity contribution in [1.29, 1.82) is 0 Å². The van der Waals surface area contributed by atoms with Crippen LogP contribution < -0.4 is 0 Å². The molecule has 7 heteroatoms. The lowest BCUT2D eigenvalue weighted by molar-refractivity contribution is 0.0785. The Morgan fingerprint density at radius 3 is 2.96 bits per heavy atom. The molecule has 6 nitrogen and oxygen atoms in total. The molecule has 0 radical (unpaired) electrons. The number of amides is 1. The van der Waals surface area contributed by atoms with Crippen LogP contribution >= 0.6 is 11.3 Å². The van der Waals surface area contributed by atoms with Gasteiger partial charge < -0.3 is 9.42 Å². The Morgan fingerprint density at radius 1 is 1.30 bits per heavy atom. The molecule has 0 saturated carbocycles. The van der Waals surface area contributed by atoms with Crippen LogP contribution in [0, 0.1) is 0 Å². The third-order valence-corrected chi connectivity index (χ3v) is 4.85. The highest BCUT2D eigenvalue weighted by molar-refractivity contribution is 7.13. The number of nitrogens with zero attached hydrogens (tertiary/aromatic N) is 4. The van der Waals surface area contributed by atoms with Gasteiger partial charge >= 0.3 is 0 Å². The summed E-state index contributed by atoms with van der Waals surface area (Å²) in [6.45, 7) is 1.30. The van der Waals surface area contributed by atoms with E-state index in [-0.39, 0.29) is 11.8 Å². The van der Waals surface area contributed by atoms with Gasteiger partial charge in [-0.1, -0.05) is 35.5 Å². The van der Waals surface area contributed by atoms with Crippen LogP contribution in [-0.4, -0.2) is 39.0 Å². The van der Waals surface area contributed by atoms with E-state index in [9.17, 15) is 4.79 Å². The summed E-state index contributed by atoms with van der Waals surface area (Å²) in [4.78, 5) is 23.0.